The number of fused-ring (bicyclic) bond motifs is 1. The van der Waals surface area contributed by atoms with Crippen molar-refractivity contribution in [3.63, 3.8) is 0 Å². The molecule has 0 saturated carbocycles. The number of halogens is 1. The molecule has 0 fully saturated rings. The van der Waals surface area contributed by atoms with E-state index in [1.807, 2.05) is 55.5 Å². The zero-order valence-corrected chi connectivity index (χ0v) is 13.6. The number of aromatic nitrogens is 1. The number of hydrogen-bond acceptors (Lipinski definition) is 2. The van der Waals surface area contributed by atoms with Crippen LogP contribution in [0.5, 0.6) is 0 Å². The van der Waals surface area contributed by atoms with Crippen LogP contribution in [0.15, 0.2) is 55.1 Å². The van der Waals surface area contributed by atoms with Crippen molar-refractivity contribution >= 4 is 34.4 Å². The van der Waals surface area contributed by atoms with E-state index in [2.05, 4.69) is 11.6 Å². The first kappa shape index (κ1) is 15.4. The zero-order valence-electron chi connectivity index (χ0n) is 12.8. The highest BCUT2D eigenvalue weighted by atomic mass is 35.5. The van der Waals surface area contributed by atoms with Gasteiger partial charge in [0, 0.05) is 21.5 Å². The molecule has 3 heteroatoms. The molecule has 0 aliphatic carbocycles. The first-order valence-corrected chi connectivity index (χ1v) is 7.85. The Kier molecular flexibility index (Phi) is 4.26. The molecule has 0 aliphatic heterocycles. The maximum atomic E-state index is 11.2. The molecular weight excluding hydrogens is 306 g/mol. The number of carbonyl (C=O) groups is 1. The SMILES string of the molecule is C=C(c1ccc2ccc(Cl)cc2n1)c1cccc(C=O)c1CC. The lowest BCUT2D eigenvalue weighted by atomic mass is 9.93. The maximum Gasteiger partial charge on any atom is 0.150 e. The molecule has 0 saturated heterocycles. The van der Waals surface area contributed by atoms with E-state index in [1.165, 1.54) is 0 Å². The van der Waals surface area contributed by atoms with Crippen molar-refractivity contribution in [3.8, 4) is 0 Å². The van der Waals surface area contributed by atoms with Crippen molar-refractivity contribution in [2.45, 2.75) is 13.3 Å². The third-order valence-electron chi connectivity index (χ3n) is 3.98. The van der Waals surface area contributed by atoms with Gasteiger partial charge in [-0.05, 0) is 35.7 Å². The average Bonchev–Trinajstić information content (AvgIpc) is 2.59. The van der Waals surface area contributed by atoms with Crippen LogP contribution in [0.25, 0.3) is 16.5 Å². The van der Waals surface area contributed by atoms with Gasteiger partial charge in [0.25, 0.3) is 0 Å². The molecule has 0 aliphatic rings. The fraction of sp³-hybridized carbons (Fsp3) is 0.100. The van der Waals surface area contributed by atoms with Crippen molar-refractivity contribution < 1.29 is 4.79 Å². The van der Waals surface area contributed by atoms with Gasteiger partial charge in [0.05, 0.1) is 11.2 Å². The van der Waals surface area contributed by atoms with Crippen LogP contribution in [0.1, 0.15) is 34.1 Å². The van der Waals surface area contributed by atoms with Gasteiger partial charge in [0.1, 0.15) is 6.29 Å². The van der Waals surface area contributed by atoms with Crippen molar-refractivity contribution in [2.75, 3.05) is 0 Å². The van der Waals surface area contributed by atoms with E-state index in [9.17, 15) is 4.79 Å². The average molecular weight is 322 g/mol. The fourth-order valence-electron chi connectivity index (χ4n) is 2.79. The normalized spacial score (nSPS) is 10.7. The van der Waals surface area contributed by atoms with E-state index in [0.29, 0.717) is 10.6 Å². The molecule has 0 unspecified atom stereocenters. The maximum absolute atomic E-state index is 11.2. The molecule has 3 aromatic rings. The molecule has 0 atom stereocenters. The number of pyridine rings is 1. The summed E-state index contributed by atoms with van der Waals surface area (Å²) in [4.78, 5) is 15.9. The number of benzene rings is 2. The van der Waals surface area contributed by atoms with Crippen LogP contribution >= 0.6 is 11.6 Å². The molecule has 0 N–H and O–H groups in total. The number of rotatable bonds is 4. The molecule has 0 radical (unpaired) electrons. The van der Waals surface area contributed by atoms with Gasteiger partial charge in [-0.1, -0.05) is 55.4 Å². The molecule has 114 valence electrons. The molecular formula is C20H16ClNO. The van der Waals surface area contributed by atoms with Crippen molar-refractivity contribution in [2.24, 2.45) is 0 Å². The Labute approximate surface area is 140 Å². The summed E-state index contributed by atoms with van der Waals surface area (Å²) in [6.45, 7) is 6.23. The highest BCUT2D eigenvalue weighted by Gasteiger charge is 2.12. The lowest BCUT2D eigenvalue weighted by Gasteiger charge is -2.13. The summed E-state index contributed by atoms with van der Waals surface area (Å²) >= 11 is 6.05. The summed E-state index contributed by atoms with van der Waals surface area (Å²) in [6.07, 6.45) is 1.66. The molecule has 1 aromatic heterocycles. The zero-order chi connectivity index (χ0) is 16.4. The van der Waals surface area contributed by atoms with Crippen LogP contribution in [0, 0.1) is 0 Å². The van der Waals surface area contributed by atoms with Gasteiger partial charge in [-0.3, -0.25) is 4.79 Å². The predicted molar refractivity (Wildman–Crippen MR) is 96.1 cm³/mol. The van der Waals surface area contributed by atoms with E-state index in [4.69, 9.17) is 11.6 Å². The molecule has 1 heterocycles. The molecule has 23 heavy (non-hydrogen) atoms. The summed E-state index contributed by atoms with van der Waals surface area (Å²) < 4.78 is 0. The highest BCUT2D eigenvalue weighted by molar-refractivity contribution is 6.31. The summed E-state index contributed by atoms with van der Waals surface area (Å²) in [6, 6.07) is 15.3. The van der Waals surface area contributed by atoms with Gasteiger partial charge in [-0.15, -0.1) is 0 Å². The second-order valence-corrected chi connectivity index (χ2v) is 5.79. The highest BCUT2D eigenvalue weighted by Crippen LogP contribution is 2.28. The number of hydrogen-bond donors (Lipinski definition) is 0. The van der Waals surface area contributed by atoms with Crippen LogP contribution < -0.4 is 0 Å². The van der Waals surface area contributed by atoms with Crippen LogP contribution in [0.2, 0.25) is 5.02 Å². The first-order chi connectivity index (χ1) is 11.1. The van der Waals surface area contributed by atoms with Crippen LogP contribution in [-0.2, 0) is 6.42 Å². The Bertz CT molecular complexity index is 915. The second kappa shape index (κ2) is 6.35. The van der Waals surface area contributed by atoms with Crippen molar-refractivity contribution in [1.29, 1.82) is 0 Å². The quantitative estimate of drug-likeness (QED) is 0.608. The van der Waals surface area contributed by atoms with Crippen molar-refractivity contribution in [3.05, 3.63) is 82.5 Å². The summed E-state index contributed by atoms with van der Waals surface area (Å²) in [5, 5.41) is 1.69. The molecule has 0 amide bonds. The summed E-state index contributed by atoms with van der Waals surface area (Å²) in [5.74, 6) is 0. The van der Waals surface area contributed by atoms with Crippen molar-refractivity contribution in [1.82, 2.24) is 4.98 Å². The Morgan fingerprint density at radius 3 is 2.74 bits per heavy atom. The minimum atomic E-state index is 0.657. The minimum absolute atomic E-state index is 0.657. The van der Waals surface area contributed by atoms with Crippen LogP contribution in [-0.4, -0.2) is 11.3 Å². The van der Waals surface area contributed by atoms with Crippen LogP contribution in [0.4, 0.5) is 0 Å². The first-order valence-electron chi connectivity index (χ1n) is 7.47. The molecule has 0 spiro atoms. The molecule has 0 bridgehead atoms. The van der Waals surface area contributed by atoms with E-state index < -0.39 is 0 Å². The molecule has 3 rings (SSSR count). The van der Waals surface area contributed by atoms with Gasteiger partial charge >= 0.3 is 0 Å². The number of carbonyl (C=O) groups excluding carboxylic acids is 1. The topological polar surface area (TPSA) is 30.0 Å². The van der Waals surface area contributed by atoms with Crippen LogP contribution in [0.3, 0.4) is 0 Å². The second-order valence-electron chi connectivity index (χ2n) is 5.36. The van der Waals surface area contributed by atoms with Gasteiger partial charge in [0.15, 0.2) is 0 Å². The van der Waals surface area contributed by atoms with Gasteiger partial charge < -0.3 is 0 Å². The standard InChI is InChI=1S/C20H16ClNO/c1-3-17-15(12-23)5-4-6-18(17)13(2)19-10-8-14-7-9-16(21)11-20(14)22-19/h4-12H,2-3H2,1H3. The predicted octanol–water partition coefficient (Wildman–Crippen LogP) is 5.32. The Hall–Kier alpha value is -2.45. The Morgan fingerprint density at radius 2 is 2.00 bits per heavy atom. The van der Waals surface area contributed by atoms with E-state index in [0.717, 1.165) is 46.0 Å². The summed E-state index contributed by atoms with van der Waals surface area (Å²) in [5.41, 5.74) is 5.10. The lowest BCUT2D eigenvalue weighted by molar-refractivity contribution is 0.112. The Balaban J connectivity index is 2.12. The number of nitrogens with zero attached hydrogens (tertiary/aromatic N) is 1. The monoisotopic (exact) mass is 321 g/mol. The smallest absolute Gasteiger partial charge is 0.150 e. The number of aldehydes is 1. The fourth-order valence-corrected chi connectivity index (χ4v) is 2.96. The lowest BCUT2D eigenvalue weighted by Crippen LogP contribution is -1.99. The van der Waals surface area contributed by atoms with Gasteiger partial charge in [0.2, 0.25) is 0 Å². The Morgan fingerprint density at radius 1 is 1.22 bits per heavy atom. The third kappa shape index (κ3) is 2.90. The third-order valence-corrected chi connectivity index (χ3v) is 4.22. The van der Waals surface area contributed by atoms with E-state index in [1.54, 1.807) is 0 Å². The largest absolute Gasteiger partial charge is 0.298 e. The van der Waals surface area contributed by atoms with Gasteiger partial charge in [-0.2, -0.15) is 0 Å². The summed E-state index contributed by atoms with van der Waals surface area (Å²) in [7, 11) is 0. The minimum Gasteiger partial charge on any atom is -0.298 e. The van der Waals surface area contributed by atoms with E-state index >= 15 is 0 Å². The van der Waals surface area contributed by atoms with Gasteiger partial charge in [-0.25, -0.2) is 4.98 Å². The van der Waals surface area contributed by atoms with E-state index in [-0.39, 0.29) is 0 Å². The molecule has 2 aromatic carbocycles. The molecule has 2 nitrogen and oxygen atoms in total.